The van der Waals surface area contributed by atoms with Crippen molar-refractivity contribution >= 4 is 42.3 Å². The lowest BCUT2D eigenvalue weighted by Crippen LogP contribution is -2.58. The highest BCUT2D eigenvalue weighted by Gasteiger charge is 2.31. The van der Waals surface area contributed by atoms with Gasteiger partial charge >= 0.3 is 11.9 Å². The maximum atomic E-state index is 12.7. The predicted molar refractivity (Wildman–Crippen MR) is 115 cm³/mol. The van der Waals surface area contributed by atoms with Gasteiger partial charge in [0.1, 0.15) is 18.1 Å². The molecule has 0 heterocycles. The van der Waals surface area contributed by atoms with Crippen molar-refractivity contribution in [2.24, 2.45) is 17.4 Å². The van der Waals surface area contributed by atoms with Crippen molar-refractivity contribution in [2.45, 2.75) is 63.7 Å². The Hall–Kier alpha value is -2.38. The molecule has 0 aliphatic heterocycles. The van der Waals surface area contributed by atoms with Crippen LogP contribution in [0, 0.1) is 5.92 Å². The van der Waals surface area contributed by atoms with E-state index in [9.17, 15) is 24.0 Å². The molecular formula is C18H33N5O7S. The number of nitrogens with two attached hydrogens (primary N) is 2. The third kappa shape index (κ3) is 11.0. The molecule has 4 unspecified atom stereocenters. The Morgan fingerprint density at radius 1 is 0.871 bits per heavy atom. The Balaban J connectivity index is 5.43. The molecule has 0 spiro atoms. The predicted octanol–water partition coefficient (Wildman–Crippen LogP) is -1.96. The molecule has 13 heteroatoms. The van der Waals surface area contributed by atoms with E-state index in [0.29, 0.717) is 19.4 Å². The number of hydrogen-bond acceptors (Lipinski definition) is 8. The number of nitrogens with one attached hydrogen (secondary N) is 3. The second kappa shape index (κ2) is 14.6. The maximum absolute atomic E-state index is 12.7. The summed E-state index contributed by atoms with van der Waals surface area (Å²) >= 11 is 3.82. The van der Waals surface area contributed by atoms with Crippen LogP contribution in [0.1, 0.15) is 39.5 Å². The van der Waals surface area contributed by atoms with Gasteiger partial charge in [-0.05, 0) is 31.7 Å². The summed E-state index contributed by atoms with van der Waals surface area (Å²) in [5, 5.41) is 25.0. The standard InChI is InChI=1S/C18H33N5O7S/c1-9(2)14(20)17(28)21-10(5-3-4-6-19)15(26)22-11(7-13(24)25)16(27)23-12(8-31)18(29)30/h9-12,14,31H,3-8,19-20H2,1-2H3,(H,21,28)(H,22,26)(H,23,27)(H,24,25)(H,29,30). The molecule has 0 aromatic rings. The van der Waals surface area contributed by atoms with Crippen molar-refractivity contribution in [2.75, 3.05) is 12.3 Å². The molecule has 178 valence electrons. The van der Waals surface area contributed by atoms with Crippen LogP contribution in [0.15, 0.2) is 0 Å². The summed E-state index contributed by atoms with van der Waals surface area (Å²) in [4.78, 5) is 59.7. The molecule has 31 heavy (non-hydrogen) atoms. The quantitative estimate of drug-likeness (QED) is 0.0998. The van der Waals surface area contributed by atoms with E-state index in [1.165, 1.54) is 0 Å². The first-order valence-corrected chi connectivity index (χ1v) is 10.5. The number of aliphatic carboxylic acids is 2. The summed E-state index contributed by atoms with van der Waals surface area (Å²) in [5.74, 6) is -5.53. The molecule has 0 saturated carbocycles. The normalized spacial score (nSPS) is 14.8. The number of amides is 3. The number of thiol groups is 1. The topological polar surface area (TPSA) is 214 Å². The Kier molecular flexibility index (Phi) is 13.5. The number of rotatable bonds is 15. The highest BCUT2D eigenvalue weighted by Crippen LogP contribution is 2.06. The molecule has 9 N–H and O–H groups in total. The van der Waals surface area contributed by atoms with E-state index in [-0.39, 0.29) is 18.1 Å². The number of carboxylic acids is 2. The summed E-state index contributed by atoms with van der Waals surface area (Å²) in [6.45, 7) is 3.85. The van der Waals surface area contributed by atoms with E-state index in [1.807, 2.05) is 0 Å². The summed E-state index contributed by atoms with van der Waals surface area (Å²) in [6, 6.07) is -4.87. The van der Waals surface area contributed by atoms with Crippen molar-refractivity contribution in [3.8, 4) is 0 Å². The van der Waals surface area contributed by atoms with Gasteiger partial charge in [-0.25, -0.2) is 4.79 Å². The van der Waals surface area contributed by atoms with E-state index >= 15 is 0 Å². The van der Waals surface area contributed by atoms with Gasteiger partial charge in [-0.15, -0.1) is 0 Å². The maximum Gasteiger partial charge on any atom is 0.327 e. The molecule has 12 nitrogen and oxygen atoms in total. The van der Waals surface area contributed by atoms with Gasteiger partial charge in [0.15, 0.2) is 0 Å². The minimum atomic E-state index is -1.56. The zero-order valence-corrected chi connectivity index (χ0v) is 18.6. The fourth-order valence-electron chi connectivity index (χ4n) is 2.45. The summed E-state index contributed by atoms with van der Waals surface area (Å²) in [5.41, 5.74) is 11.3. The molecule has 0 fully saturated rings. The smallest absolute Gasteiger partial charge is 0.327 e. The van der Waals surface area contributed by atoms with Crippen LogP contribution in [0.2, 0.25) is 0 Å². The Labute approximate surface area is 186 Å². The molecule has 0 aliphatic rings. The average Bonchev–Trinajstić information content (AvgIpc) is 2.68. The van der Waals surface area contributed by atoms with Gasteiger partial charge in [-0.3, -0.25) is 19.2 Å². The molecule has 0 bridgehead atoms. The highest BCUT2D eigenvalue weighted by atomic mass is 32.1. The Morgan fingerprint density at radius 3 is 1.84 bits per heavy atom. The lowest BCUT2D eigenvalue weighted by molar-refractivity contribution is -0.143. The van der Waals surface area contributed by atoms with E-state index in [4.69, 9.17) is 21.7 Å². The third-order valence-corrected chi connectivity index (χ3v) is 4.77. The number of hydrogen-bond donors (Lipinski definition) is 8. The van der Waals surface area contributed by atoms with E-state index in [0.717, 1.165) is 0 Å². The van der Waals surface area contributed by atoms with Crippen molar-refractivity contribution in [3.63, 3.8) is 0 Å². The first-order chi connectivity index (χ1) is 14.4. The number of carbonyl (C=O) groups is 5. The molecule has 4 atom stereocenters. The molecule has 0 rings (SSSR count). The Morgan fingerprint density at radius 2 is 1.39 bits per heavy atom. The van der Waals surface area contributed by atoms with E-state index < -0.39 is 60.2 Å². The van der Waals surface area contributed by atoms with Gasteiger partial charge in [0.25, 0.3) is 0 Å². The van der Waals surface area contributed by atoms with Crippen LogP contribution in [0.3, 0.4) is 0 Å². The molecule has 0 radical (unpaired) electrons. The SMILES string of the molecule is CC(C)C(N)C(=O)NC(CCCCN)C(=O)NC(CC(=O)O)C(=O)NC(CS)C(=O)O. The van der Waals surface area contributed by atoms with Crippen LogP contribution in [0.5, 0.6) is 0 Å². The molecule has 0 saturated heterocycles. The van der Waals surface area contributed by atoms with Crippen molar-refractivity contribution < 1.29 is 34.2 Å². The zero-order valence-electron chi connectivity index (χ0n) is 17.7. The number of carboxylic acid groups (broad SMARTS) is 2. The van der Waals surface area contributed by atoms with Gasteiger partial charge in [-0.1, -0.05) is 13.8 Å². The van der Waals surface area contributed by atoms with Gasteiger partial charge in [0, 0.05) is 5.75 Å². The molecule has 3 amide bonds. The van der Waals surface area contributed by atoms with Crippen LogP contribution in [0.25, 0.3) is 0 Å². The van der Waals surface area contributed by atoms with Gasteiger partial charge in [0.2, 0.25) is 17.7 Å². The van der Waals surface area contributed by atoms with Crippen molar-refractivity contribution in [1.29, 1.82) is 0 Å². The first-order valence-electron chi connectivity index (χ1n) is 9.86. The Bertz CT molecular complexity index is 647. The minimum Gasteiger partial charge on any atom is -0.481 e. The van der Waals surface area contributed by atoms with Crippen molar-refractivity contribution in [1.82, 2.24) is 16.0 Å². The fourth-order valence-corrected chi connectivity index (χ4v) is 2.69. The lowest BCUT2D eigenvalue weighted by atomic mass is 10.0. The lowest BCUT2D eigenvalue weighted by Gasteiger charge is -2.25. The summed E-state index contributed by atoms with van der Waals surface area (Å²) in [7, 11) is 0. The largest absolute Gasteiger partial charge is 0.481 e. The van der Waals surface area contributed by atoms with Crippen LogP contribution in [0.4, 0.5) is 0 Å². The molecule has 0 aromatic heterocycles. The van der Waals surface area contributed by atoms with Crippen LogP contribution in [-0.2, 0) is 24.0 Å². The average molecular weight is 464 g/mol. The fraction of sp³-hybridized carbons (Fsp3) is 0.722. The molecule has 0 aromatic carbocycles. The summed E-state index contributed by atoms with van der Waals surface area (Å²) < 4.78 is 0. The first kappa shape index (κ1) is 28.6. The van der Waals surface area contributed by atoms with Gasteiger partial charge < -0.3 is 37.6 Å². The van der Waals surface area contributed by atoms with Crippen molar-refractivity contribution in [3.05, 3.63) is 0 Å². The van der Waals surface area contributed by atoms with Crippen LogP contribution in [-0.4, -0.2) is 76.3 Å². The van der Waals surface area contributed by atoms with Gasteiger partial charge in [0.05, 0.1) is 12.5 Å². The van der Waals surface area contributed by atoms with Crippen LogP contribution < -0.4 is 27.4 Å². The number of unbranched alkanes of at least 4 members (excludes halogenated alkanes) is 1. The van der Waals surface area contributed by atoms with E-state index in [2.05, 4.69) is 28.6 Å². The van der Waals surface area contributed by atoms with E-state index in [1.54, 1.807) is 13.8 Å². The molecular weight excluding hydrogens is 430 g/mol. The monoisotopic (exact) mass is 463 g/mol. The second-order valence-corrected chi connectivity index (χ2v) is 7.72. The second-order valence-electron chi connectivity index (χ2n) is 7.36. The number of carbonyl (C=O) groups excluding carboxylic acids is 3. The molecule has 0 aliphatic carbocycles. The highest BCUT2D eigenvalue weighted by molar-refractivity contribution is 7.80. The summed E-state index contributed by atoms with van der Waals surface area (Å²) in [6.07, 6.45) is 0.473. The minimum absolute atomic E-state index is 0.188. The zero-order chi connectivity index (χ0) is 24.1. The third-order valence-electron chi connectivity index (χ3n) is 4.41. The van der Waals surface area contributed by atoms with Gasteiger partial charge in [-0.2, -0.15) is 12.6 Å². The van der Waals surface area contributed by atoms with Crippen LogP contribution >= 0.6 is 12.6 Å².